The molecule has 1 aromatic heterocycles. The van der Waals surface area contributed by atoms with E-state index in [1.54, 1.807) is 23.5 Å². The van der Waals surface area contributed by atoms with Gasteiger partial charge in [-0.15, -0.1) is 11.3 Å². The molecule has 108 valence electrons. The van der Waals surface area contributed by atoms with Crippen molar-refractivity contribution in [2.24, 2.45) is 5.73 Å². The minimum absolute atomic E-state index is 0.218. The maximum Gasteiger partial charge on any atom is 0.127 e. The number of benzene rings is 1. The molecule has 0 spiro atoms. The largest absolute Gasteiger partial charge is 0.324 e. The lowest BCUT2D eigenvalue weighted by Crippen LogP contribution is -2.23. The molecule has 0 aliphatic carbocycles. The molecule has 1 atom stereocenters. The zero-order valence-corrected chi connectivity index (χ0v) is 13.8. The number of hydrogen-bond acceptors (Lipinski definition) is 3. The van der Waals surface area contributed by atoms with Crippen LogP contribution in [0, 0.1) is 5.82 Å². The van der Waals surface area contributed by atoms with Crippen molar-refractivity contribution >= 4 is 27.3 Å². The van der Waals surface area contributed by atoms with E-state index in [-0.39, 0.29) is 11.9 Å². The quantitative estimate of drug-likeness (QED) is 0.841. The van der Waals surface area contributed by atoms with Gasteiger partial charge in [-0.3, -0.25) is 0 Å². The normalized spacial score (nSPS) is 12.8. The highest BCUT2D eigenvalue weighted by Crippen LogP contribution is 2.22. The zero-order valence-electron chi connectivity index (χ0n) is 11.4. The molecular weight excluding hydrogens is 339 g/mol. The summed E-state index contributed by atoms with van der Waals surface area (Å²) >= 11 is 5.18. The van der Waals surface area contributed by atoms with Gasteiger partial charge < -0.3 is 10.6 Å². The van der Waals surface area contributed by atoms with Crippen molar-refractivity contribution < 1.29 is 4.39 Å². The fourth-order valence-electron chi connectivity index (χ4n) is 2.07. The van der Waals surface area contributed by atoms with Crippen molar-refractivity contribution in [2.75, 3.05) is 13.6 Å². The van der Waals surface area contributed by atoms with Gasteiger partial charge >= 0.3 is 0 Å². The summed E-state index contributed by atoms with van der Waals surface area (Å²) in [4.78, 5) is 3.51. The van der Waals surface area contributed by atoms with Crippen molar-refractivity contribution in [3.63, 3.8) is 0 Å². The second kappa shape index (κ2) is 7.31. The highest BCUT2D eigenvalue weighted by molar-refractivity contribution is 9.10. The molecule has 0 bridgehead atoms. The smallest absolute Gasteiger partial charge is 0.127 e. The van der Waals surface area contributed by atoms with Gasteiger partial charge in [0.15, 0.2) is 0 Å². The van der Waals surface area contributed by atoms with Crippen molar-refractivity contribution in [2.45, 2.75) is 19.0 Å². The number of thiophene rings is 1. The van der Waals surface area contributed by atoms with Crippen LogP contribution in [0.15, 0.2) is 40.2 Å². The lowest BCUT2D eigenvalue weighted by atomic mass is 10.0. The van der Waals surface area contributed by atoms with Crippen LogP contribution in [0.3, 0.4) is 0 Å². The average Bonchev–Trinajstić information content (AvgIpc) is 2.82. The lowest BCUT2D eigenvalue weighted by Gasteiger charge is -2.19. The third kappa shape index (κ3) is 4.38. The molecule has 2 aromatic rings. The van der Waals surface area contributed by atoms with Gasteiger partial charge in [-0.1, -0.05) is 18.2 Å². The average molecular weight is 357 g/mol. The fourth-order valence-corrected chi connectivity index (χ4v) is 3.60. The van der Waals surface area contributed by atoms with Crippen molar-refractivity contribution in [1.29, 1.82) is 0 Å². The Bertz CT molecular complexity index is 558. The highest BCUT2D eigenvalue weighted by Gasteiger charge is 2.12. The Morgan fingerprint density at radius 3 is 2.80 bits per heavy atom. The number of nitrogens with zero attached hydrogens (tertiary/aromatic N) is 1. The van der Waals surface area contributed by atoms with E-state index in [0.717, 1.165) is 24.0 Å². The Morgan fingerprint density at radius 2 is 2.15 bits per heavy atom. The second-order valence-corrected chi connectivity index (χ2v) is 6.80. The summed E-state index contributed by atoms with van der Waals surface area (Å²) in [6.45, 7) is 1.73. The second-order valence-electron chi connectivity index (χ2n) is 4.89. The van der Waals surface area contributed by atoms with E-state index in [2.05, 4.69) is 39.3 Å². The van der Waals surface area contributed by atoms with E-state index < -0.39 is 0 Å². The van der Waals surface area contributed by atoms with E-state index in [9.17, 15) is 4.39 Å². The van der Waals surface area contributed by atoms with Gasteiger partial charge in [0.25, 0.3) is 0 Å². The van der Waals surface area contributed by atoms with Gasteiger partial charge in [-0.05, 0) is 41.5 Å². The van der Waals surface area contributed by atoms with Crippen LogP contribution in [-0.4, -0.2) is 18.5 Å². The van der Waals surface area contributed by atoms with Crippen LogP contribution < -0.4 is 5.73 Å². The summed E-state index contributed by atoms with van der Waals surface area (Å²) in [7, 11) is 2.06. The fraction of sp³-hybridized carbons (Fsp3) is 0.333. The molecule has 0 radical (unpaired) electrons. The molecule has 0 saturated heterocycles. The summed E-state index contributed by atoms with van der Waals surface area (Å²) in [5.74, 6) is -0.218. The molecule has 2 rings (SSSR count). The van der Waals surface area contributed by atoms with Crippen LogP contribution in [0.2, 0.25) is 0 Å². The number of halogens is 2. The molecule has 1 aromatic carbocycles. The summed E-state index contributed by atoms with van der Waals surface area (Å²) in [6.07, 6.45) is 0.740. The van der Waals surface area contributed by atoms with Gasteiger partial charge in [-0.2, -0.15) is 0 Å². The molecule has 5 heteroatoms. The Hall–Kier alpha value is -0.750. The number of hydrogen-bond donors (Lipinski definition) is 1. The van der Waals surface area contributed by atoms with E-state index in [1.807, 2.05) is 6.07 Å². The van der Waals surface area contributed by atoms with Crippen LogP contribution in [0.5, 0.6) is 0 Å². The predicted octanol–water partition coefficient (Wildman–Crippen LogP) is 4.17. The molecule has 1 unspecified atom stereocenters. The molecule has 0 saturated carbocycles. The summed E-state index contributed by atoms with van der Waals surface area (Å²) in [5.41, 5.74) is 6.67. The Balaban J connectivity index is 1.84. The lowest BCUT2D eigenvalue weighted by molar-refractivity contribution is 0.313. The minimum atomic E-state index is -0.256. The van der Waals surface area contributed by atoms with Crippen molar-refractivity contribution in [3.8, 4) is 0 Å². The molecule has 1 heterocycles. The molecule has 0 amide bonds. The minimum Gasteiger partial charge on any atom is -0.324 e. The molecule has 2 nitrogen and oxygen atoms in total. The third-order valence-electron chi connectivity index (χ3n) is 3.17. The molecule has 0 aliphatic heterocycles. The van der Waals surface area contributed by atoms with Crippen LogP contribution in [0.4, 0.5) is 4.39 Å². The van der Waals surface area contributed by atoms with Gasteiger partial charge in [0.1, 0.15) is 5.82 Å². The summed E-state index contributed by atoms with van der Waals surface area (Å²) in [5, 5.41) is 2.08. The van der Waals surface area contributed by atoms with E-state index in [0.29, 0.717) is 5.56 Å². The highest BCUT2D eigenvalue weighted by atomic mass is 79.9. The first kappa shape index (κ1) is 15.6. The first-order valence-electron chi connectivity index (χ1n) is 6.47. The summed E-state index contributed by atoms with van der Waals surface area (Å²) < 4.78 is 14.7. The van der Waals surface area contributed by atoms with Crippen LogP contribution in [0.25, 0.3) is 0 Å². The molecule has 0 aliphatic rings. The maximum absolute atomic E-state index is 13.6. The van der Waals surface area contributed by atoms with Crippen LogP contribution in [0.1, 0.15) is 22.9 Å². The molecule has 0 fully saturated rings. The Kier molecular flexibility index (Phi) is 5.72. The maximum atomic E-state index is 13.6. The van der Waals surface area contributed by atoms with Crippen LogP contribution in [-0.2, 0) is 6.54 Å². The number of nitrogens with two attached hydrogens (primary N) is 1. The van der Waals surface area contributed by atoms with Crippen molar-refractivity contribution in [1.82, 2.24) is 4.90 Å². The summed E-state index contributed by atoms with van der Waals surface area (Å²) in [6, 6.07) is 8.60. The zero-order chi connectivity index (χ0) is 14.5. The first-order chi connectivity index (χ1) is 9.56. The Labute approximate surface area is 131 Å². The van der Waals surface area contributed by atoms with Gasteiger partial charge in [0.2, 0.25) is 0 Å². The topological polar surface area (TPSA) is 29.3 Å². The van der Waals surface area contributed by atoms with Gasteiger partial charge in [0.05, 0.1) is 0 Å². The number of rotatable bonds is 6. The van der Waals surface area contributed by atoms with Crippen molar-refractivity contribution in [3.05, 3.63) is 56.4 Å². The van der Waals surface area contributed by atoms with Crippen LogP contribution >= 0.6 is 27.3 Å². The first-order valence-corrected chi connectivity index (χ1v) is 8.15. The molecule has 2 N–H and O–H groups in total. The third-order valence-corrected chi connectivity index (χ3v) is 4.86. The van der Waals surface area contributed by atoms with E-state index >= 15 is 0 Å². The SMILES string of the molecule is CN(CCC(N)c1ccccc1F)Cc1cc(Br)cs1. The van der Waals surface area contributed by atoms with Gasteiger partial charge in [0, 0.05) is 39.4 Å². The Morgan fingerprint density at radius 1 is 1.40 bits per heavy atom. The predicted molar refractivity (Wildman–Crippen MR) is 86.3 cm³/mol. The van der Waals surface area contributed by atoms with Gasteiger partial charge in [-0.25, -0.2) is 4.39 Å². The standard InChI is InChI=1S/C15H18BrFN2S/c1-19(9-12-8-11(16)10-20-12)7-6-15(18)13-4-2-3-5-14(13)17/h2-5,8,10,15H,6-7,9,18H2,1H3. The molecule has 20 heavy (non-hydrogen) atoms. The molecular formula is C15H18BrFN2S. The monoisotopic (exact) mass is 356 g/mol. The van der Waals surface area contributed by atoms with E-state index in [4.69, 9.17) is 5.73 Å². The van der Waals surface area contributed by atoms with E-state index in [1.165, 1.54) is 10.9 Å².